The molecule has 1 aromatic carbocycles. The maximum absolute atomic E-state index is 12.5. The van der Waals surface area contributed by atoms with Crippen LogP contribution in [-0.2, 0) is 0 Å². The fourth-order valence-corrected chi connectivity index (χ4v) is 5.66. The van der Waals surface area contributed by atoms with Crippen molar-refractivity contribution in [3.05, 3.63) is 29.8 Å². The topological polar surface area (TPSA) is 38.3 Å². The summed E-state index contributed by atoms with van der Waals surface area (Å²) in [5, 5.41) is 3.23. The van der Waals surface area contributed by atoms with E-state index in [0.29, 0.717) is 5.41 Å². The summed E-state index contributed by atoms with van der Waals surface area (Å²) in [5.74, 6) is 4.41. The molecule has 0 aliphatic heterocycles. The Labute approximate surface area is 138 Å². The smallest absolute Gasteiger partial charge is 0.251 e. The van der Waals surface area contributed by atoms with Gasteiger partial charge in [0.1, 0.15) is 5.75 Å². The number of carbonyl (C=O) groups is 1. The average molecular weight is 313 g/mol. The van der Waals surface area contributed by atoms with Gasteiger partial charge in [-0.05, 0) is 85.5 Å². The van der Waals surface area contributed by atoms with Gasteiger partial charge in [0.15, 0.2) is 0 Å². The highest BCUT2D eigenvalue weighted by Crippen LogP contribution is 2.61. The van der Waals surface area contributed by atoms with Crippen LogP contribution in [0.1, 0.15) is 49.4 Å². The zero-order chi connectivity index (χ0) is 16.0. The predicted molar refractivity (Wildman–Crippen MR) is 90.5 cm³/mol. The van der Waals surface area contributed by atoms with Crippen LogP contribution in [0.15, 0.2) is 24.3 Å². The number of ether oxygens (including phenoxy) is 1. The molecule has 4 fully saturated rings. The summed E-state index contributed by atoms with van der Waals surface area (Å²) >= 11 is 0. The molecule has 0 unspecified atom stereocenters. The molecular weight excluding hydrogens is 286 g/mol. The lowest BCUT2D eigenvalue weighted by atomic mass is 9.46. The van der Waals surface area contributed by atoms with Crippen LogP contribution < -0.4 is 10.1 Å². The Bertz CT molecular complexity index is 564. The van der Waals surface area contributed by atoms with Crippen LogP contribution in [0.25, 0.3) is 0 Å². The molecule has 23 heavy (non-hydrogen) atoms. The van der Waals surface area contributed by atoms with Gasteiger partial charge in [-0.2, -0.15) is 0 Å². The van der Waals surface area contributed by atoms with Crippen LogP contribution in [0.2, 0.25) is 0 Å². The molecule has 0 atom stereocenters. The van der Waals surface area contributed by atoms with Gasteiger partial charge in [0, 0.05) is 12.1 Å². The molecule has 1 amide bonds. The van der Waals surface area contributed by atoms with Gasteiger partial charge < -0.3 is 10.1 Å². The lowest BCUT2D eigenvalue weighted by Crippen LogP contribution is -2.55. The fraction of sp³-hybridized carbons (Fsp3) is 0.650. The summed E-state index contributed by atoms with van der Waals surface area (Å²) in [7, 11) is 1.64. The van der Waals surface area contributed by atoms with Crippen molar-refractivity contribution in [3.63, 3.8) is 0 Å². The molecule has 4 aliphatic rings. The van der Waals surface area contributed by atoms with Gasteiger partial charge in [-0.3, -0.25) is 4.79 Å². The predicted octanol–water partition coefficient (Wildman–Crippen LogP) is 3.89. The van der Waals surface area contributed by atoms with Gasteiger partial charge in [-0.25, -0.2) is 0 Å². The van der Waals surface area contributed by atoms with Crippen LogP contribution >= 0.6 is 0 Å². The van der Waals surface area contributed by atoms with E-state index in [1.54, 1.807) is 7.11 Å². The highest BCUT2D eigenvalue weighted by atomic mass is 16.5. The number of rotatable bonds is 4. The second-order valence-corrected chi connectivity index (χ2v) is 8.22. The van der Waals surface area contributed by atoms with Crippen LogP contribution in [0, 0.1) is 29.1 Å². The zero-order valence-corrected chi connectivity index (χ0v) is 14.2. The van der Waals surface area contributed by atoms with Crippen LogP contribution in [-0.4, -0.2) is 19.6 Å². The molecule has 4 aliphatic carbocycles. The molecule has 4 saturated carbocycles. The van der Waals surface area contributed by atoms with Gasteiger partial charge in [0.05, 0.1) is 7.11 Å². The molecule has 124 valence electrons. The molecule has 3 nitrogen and oxygen atoms in total. The number of nitrogens with one attached hydrogen (secondary N) is 1. The van der Waals surface area contributed by atoms with Crippen LogP contribution in [0.3, 0.4) is 0 Å². The Morgan fingerprint density at radius 3 is 2.17 bits per heavy atom. The van der Waals surface area contributed by atoms with Crippen molar-refractivity contribution in [2.24, 2.45) is 29.1 Å². The Morgan fingerprint density at radius 1 is 1.09 bits per heavy atom. The lowest BCUT2D eigenvalue weighted by molar-refractivity contribution is -0.0955. The van der Waals surface area contributed by atoms with E-state index in [0.717, 1.165) is 41.5 Å². The molecule has 0 aromatic heterocycles. The quantitative estimate of drug-likeness (QED) is 0.916. The number of hydrogen-bond acceptors (Lipinski definition) is 2. The first-order chi connectivity index (χ1) is 11.1. The molecule has 0 heterocycles. The summed E-state index contributed by atoms with van der Waals surface area (Å²) in [6.07, 6.45) is 7.04. The number of carbonyl (C=O) groups excluding carboxylic acids is 1. The summed E-state index contributed by atoms with van der Waals surface area (Å²) < 4.78 is 5.15. The second kappa shape index (κ2) is 5.54. The Kier molecular flexibility index (Phi) is 3.62. The summed E-state index contributed by atoms with van der Waals surface area (Å²) in [6.45, 7) is 3.25. The molecule has 0 radical (unpaired) electrons. The largest absolute Gasteiger partial charge is 0.497 e. The van der Waals surface area contributed by atoms with Crippen molar-refractivity contribution in [1.82, 2.24) is 5.32 Å². The third kappa shape index (κ3) is 2.54. The summed E-state index contributed by atoms with van der Waals surface area (Å²) in [6, 6.07) is 7.37. The normalized spacial score (nSPS) is 37.7. The highest BCUT2D eigenvalue weighted by Gasteiger charge is 2.54. The molecule has 4 bridgehead atoms. The number of amides is 1. The molecule has 3 heteroatoms. The summed E-state index contributed by atoms with van der Waals surface area (Å²) in [5.41, 5.74) is 1.02. The van der Waals surface area contributed by atoms with Crippen molar-refractivity contribution in [2.75, 3.05) is 13.7 Å². The van der Waals surface area contributed by atoms with E-state index in [9.17, 15) is 4.79 Å². The Hall–Kier alpha value is -1.51. The van der Waals surface area contributed by atoms with E-state index in [4.69, 9.17) is 4.74 Å². The Balaban J connectivity index is 1.42. The SMILES string of the molecule is COc1ccc(C(=O)NCC2(C)C3CC4CC(C3)CC2C4)cc1. The fourth-order valence-electron chi connectivity index (χ4n) is 5.66. The monoisotopic (exact) mass is 313 g/mol. The van der Waals surface area contributed by atoms with E-state index < -0.39 is 0 Å². The van der Waals surface area contributed by atoms with Crippen molar-refractivity contribution in [1.29, 1.82) is 0 Å². The average Bonchev–Trinajstić information content (AvgIpc) is 2.57. The van der Waals surface area contributed by atoms with Crippen molar-refractivity contribution in [2.45, 2.75) is 39.0 Å². The standard InChI is InChI=1S/C20H27NO2/c1-20(16-8-13-7-14(10-16)11-17(20)9-13)12-21-19(22)15-3-5-18(23-2)6-4-15/h3-6,13-14,16-17H,7-12H2,1-2H3,(H,21,22). The first-order valence-electron chi connectivity index (χ1n) is 9.00. The van der Waals surface area contributed by atoms with Crippen molar-refractivity contribution >= 4 is 5.91 Å². The summed E-state index contributed by atoms with van der Waals surface area (Å²) in [4.78, 5) is 12.5. The van der Waals surface area contributed by atoms with Crippen molar-refractivity contribution < 1.29 is 9.53 Å². The van der Waals surface area contributed by atoms with E-state index in [2.05, 4.69) is 12.2 Å². The lowest BCUT2D eigenvalue weighted by Gasteiger charge is -2.60. The molecule has 1 N–H and O–H groups in total. The highest BCUT2D eigenvalue weighted by molar-refractivity contribution is 5.94. The minimum atomic E-state index is 0.0442. The molecular formula is C20H27NO2. The first-order valence-corrected chi connectivity index (χ1v) is 9.00. The number of hydrogen-bond donors (Lipinski definition) is 1. The number of methoxy groups -OCH3 is 1. The number of benzene rings is 1. The van der Waals surface area contributed by atoms with Crippen LogP contribution in [0.5, 0.6) is 5.75 Å². The van der Waals surface area contributed by atoms with E-state index in [1.807, 2.05) is 24.3 Å². The van der Waals surface area contributed by atoms with Gasteiger partial charge in [0.25, 0.3) is 5.91 Å². The minimum absolute atomic E-state index is 0.0442. The van der Waals surface area contributed by atoms with E-state index in [-0.39, 0.29) is 5.91 Å². The molecule has 1 aromatic rings. The zero-order valence-electron chi connectivity index (χ0n) is 14.2. The molecule has 0 spiro atoms. The molecule has 5 rings (SSSR count). The van der Waals surface area contributed by atoms with E-state index >= 15 is 0 Å². The van der Waals surface area contributed by atoms with Gasteiger partial charge in [-0.1, -0.05) is 6.92 Å². The Morgan fingerprint density at radius 2 is 1.65 bits per heavy atom. The minimum Gasteiger partial charge on any atom is -0.497 e. The molecule has 0 saturated heterocycles. The second-order valence-electron chi connectivity index (χ2n) is 8.22. The third-order valence-corrected chi connectivity index (χ3v) is 6.99. The van der Waals surface area contributed by atoms with Crippen LogP contribution in [0.4, 0.5) is 0 Å². The van der Waals surface area contributed by atoms with E-state index in [1.165, 1.54) is 32.1 Å². The first kappa shape index (κ1) is 15.0. The third-order valence-electron chi connectivity index (χ3n) is 6.99. The maximum atomic E-state index is 12.5. The van der Waals surface area contributed by atoms with Gasteiger partial charge in [-0.15, -0.1) is 0 Å². The maximum Gasteiger partial charge on any atom is 0.251 e. The van der Waals surface area contributed by atoms with Gasteiger partial charge in [0.2, 0.25) is 0 Å². The van der Waals surface area contributed by atoms with Gasteiger partial charge >= 0.3 is 0 Å². The van der Waals surface area contributed by atoms with Crippen molar-refractivity contribution in [3.8, 4) is 5.75 Å².